The van der Waals surface area contributed by atoms with Gasteiger partial charge in [0, 0.05) is 6.04 Å². The number of nitrogens with two attached hydrogens (primary N) is 1. The van der Waals surface area contributed by atoms with Gasteiger partial charge in [0.2, 0.25) is 0 Å². The van der Waals surface area contributed by atoms with Gasteiger partial charge in [0.1, 0.15) is 0 Å². The van der Waals surface area contributed by atoms with Gasteiger partial charge in [-0.3, -0.25) is 0 Å². The Morgan fingerprint density at radius 3 is 2.33 bits per heavy atom. The van der Waals surface area contributed by atoms with Crippen LogP contribution in [0, 0.1) is 5.92 Å². The minimum absolute atomic E-state index is 0.116. The van der Waals surface area contributed by atoms with Crippen LogP contribution in [0.5, 0.6) is 11.5 Å². The van der Waals surface area contributed by atoms with Gasteiger partial charge in [-0.25, -0.2) is 0 Å². The Bertz CT molecular complexity index is 386. The van der Waals surface area contributed by atoms with Crippen molar-refractivity contribution < 1.29 is 9.47 Å². The molecule has 0 unspecified atom stereocenters. The number of hydrogen-bond donors (Lipinski definition) is 1. The maximum Gasteiger partial charge on any atom is 0.161 e. The number of rotatable bonds is 4. The average molecular weight is 249 g/mol. The van der Waals surface area contributed by atoms with Gasteiger partial charge in [-0.05, 0) is 36.5 Å². The Kier molecular flexibility index (Phi) is 4.48. The van der Waals surface area contributed by atoms with Crippen LogP contribution in [-0.4, -0.2) is 14.2 Å². The Morgan fingerprint density at radius 2 is 1.72 bits per heavy atom. The van der Waals surface area contributed by atoms with Gasteiger partial charge < -0.3 is 15.2 Å². The third-order valence-corrected chi connectivity index (χ3v) is 3.95. The molecule has 1 saturated carbocycles. The molecule has 0 amide bonds. The molecule has 1 aromatic rings. The smallest absolute Gasteiger partial charge is 0.161 e. The molecular formula is C15H23NO2. The summed E-state index contributed by atoms with van der Waals surface area (Å²) in [6.07, 6.45) is 6.47. The van der Waals surface area contributed by atoms with E-state index in [0.29, 0.717) is 5.92 Å². The fourth-order valence-corrected chi connectivity index (χ4v) is 2.83. The molecule has 2 N–H and O–H groups in total. The van der Waals surface area contributed by atoms with Crippen molar-refractivity contribution in [3.05, 3.63) is 23.8 Å². The van der Waals surface area contributed by atoms with Crippen LogP contribution in [0.4, 0.5) is 0 Å². The molecule has 3 nitrogen and oxygen atoms in total. The lowest BCUT2D eigenvalue weighted by Crippen LogP contribution is -2.23. The molecule has 1 fully saturated rings. The zero-order valence-electron chi connectivity index (χ0n) is 11.3. The van der Waals surface area contributed by atoms with Crippen LogP contribution in [0.1, 0.15) is 43.7 Å². The van der Waals surface area contributed by atoms with Crippen LogP contribution >= 0.6 is 0 Å². The predicted molar refractivity (Wildman–Crippen MR) is 73.0 cm³/mol. The molecule has 0 aliphatic heterocycles. The van der Waals surface area contributed by atoms with E-state index in [0.717, 1.165) is 17.1 Å². The van der Waals surface area contributed by atoms with Crippen LogP contribution < -0.4 is 15.2 Å². The average Bonchev–Trinajstić information content (AvgIpc) is 2.46. The first-order chi connectivity index (χ1) is 8.76. The van der Waals surface area contributed by atoms with Crippen LogP contribution in [0.15, 0.2) is 18.2 Å². The van der Waals surface area contributed by atoms with E-state index in [4.69, 9.17) is 15.2 Å². The molecule has 3 heteroatoms. The van der Waals surface area contributed by atoms with E-state index in [1.165, 1.54) is 32.1 Å². The van der Waals surface area contributed by atoms with Crippen molar-refractivity contribution in [2.45, 2.75) is 38.1 Å². The molecule has 0 heterocycles. The Labute approximate surface area is 109 Å². The fourth-order valence-electron chi connectivity index (χ4n) is 2.83. The van der Waals surface area contributed by atoms with Crippen molar-refractivity contribution in [2.75, 3.05) is 14.2 Å². The number of hydrogen-bond acceptors (Lipinski definition) is 3. The molecule has 18 heavy (non-hydrogen) atoms. The summed E-state index contributed by atoms with van der Waals surface area (Å²) >= 11 is 0. The lowest BCUT2D eigenvalue weighted by Gasteiger charge is -2.28. The number of methoxy groups -OCH3 is 2. The zero-order valence-corrected chi connectivity index (χ0v) is 11.3. The third-order valence-electron chi connectivity index (χ3n) is 3.95. The van der Waals surface area contributed by atoms with E-state index in [2.05, 4.69) is 6.07 Å². The summed E-state index contributed by atoms with van der Waals surface area (Å²) in [4.78, 5) is 0. The molecule has 0 spiro atoms. The molecule has 0 saturated heterocycles. The summed E-state index contributed by atoms with van der Waals surface area (Å²) in [5, 5.41) is 0. The molecule has 1 aliphatic rings. The molecular weight excluding hydrogens is 226 g/mol. The quantitative estimate of drug-likeness (QED) is 0.890. The van der Waals surface area contributed by atoms with Gasteiger partial charge in [-0.15, -0.1) is 0 Å². The Morgan fingerprint density at radius 1 is 1.06 bits per heavy atom. The van der Waals surface area contributed by atoms with Gasteiger partial charge >= 0.3 is 0 Å². The topological polar surface area (TPSA) is 44.5 Å². The highest BCUT2D eigenvalue weighted by Crippen LogP contribution is 2.36. The largest absolute Gasteiger partial charge is 0.493 e. The standard InChI is InChI=1S/C15H23NO2/c1-17-13-9-8-12(10-14(13)18-2)15(16)11-6-4-3-5-7-11/h8-11,15H,3-7,16H2,1-2H3/t15-/m1/s1. The monoisotopic (exact) mass is 249 g/mol. The lowest BCUT2D eigenvalue weighted by atomic mass is 9.81. The first-order valence-electron chi connectivity index (χ1n) is 6.73. The van der Waals surface area contributed by atoms with E-state index >= 15 is 0 Å². The molecule has 100 valence electrons. The minimum Gasteiger partial charge on any atom is -0.493 e. The van der Waals surface area contributed by atoms with E-state index < -0.39 is 0 Å². The van der Waals surface area contributed by atoms with Crippen molar-refractivity contribution in [3.63, 3.8) is 0 Å². The molecule has 0 radical (unpaired) electrons. The van der Waals surface area contributed by atoms with E-state index in [-0.39, 0.29) is 6.04 Å². The van der Waals surface area contributed by atoms with Gasteiger partial charge in [-0.1, -0.05) is 25.3 Å². The SMILES string of the molecule is COc1ccc([C@H](N)C2CCCCC2)cc1OC. The van der Waals surface area contributed by atoms with Crippen molar-refractivity contribution in [1.82, 2.24) is 0 Å². The van der Waals surface area contributed by atoms with Gasteiger partial charge in [0.25, 0.3) is 0 Å². The van der Waals surface area contributed by atoms with Crippen LogP contribution in [-0.2, 0) is 0 Å². The zero-order chi connectivity index (χ0) is 13.0. The number of ether oxygens (including phenoxy) is 2. The molecule has 0 bridgehead atoms. The summed E-state index contributed by atoms with van der Waals surface area (Å²) in [5.74, 6) is 2.13. The van der Waals surface area contributed by atoms with E-state index in [1.807, 2.05) is 12.1 Å². The molecule has 1 aliphatic carbocycles. The first kappa shape index (κ1) is 13.2. The highest BCUT2D eigenvalue weighted by atomic mass is 16.5. The Balaban J connectivity index is 2.16. The molecule has 1 aromatic carbocycles. The maximum absolute atomic E-state index is 6.39. The second-order valence-electron chi connectivity index (χ2n) is 5.04. The Hall–Kier alpha value is -1.22. The molecule has 0 aromatic heterocycles. The number of benzene rings is 1. The highest BCUT2D eigenvalue weighted by Gasteiger charge is 2.22. The summed E-state index contributed by atoms with van der Waals surface area (Å²) < 4.78 is 10.6. The summed E-state index contributed by atoms with van der Waals surface area (Å²) in [7, 11) is 3.31. The third kappa shape index (κ3) is 2.78. The maximum atomic E-state index is 6.39. The van der Waals surface area contributed by atoms with Crippen LogP contribution in [0.2, 0.25) is 0 Å². The van der Waals surface area contributed by atoms with Gasteiger partial charge in [-0.2, -0.15) is 0 Å². The van der Waals surface area contributed by atoms with E-state index in [9.17, 15) is 0 Å². The second-order valence-corrected chi connectivity index (χ2v) is 5.04. The summed E-state index contributed by atoms with van der Waals surface area (Å²) in [6, 6.07) is 6.13. The van der Waals surface area contributed by atoms with Gasteiger partial charge in [0.15, 0.2) is 11.5 Å². The lowest BCUT2D eigenvalue weighted by molar-refractivity contribution is 0.306. The second kappa shape index (κ2) is 6.10. The minimum atomic E-state index is 0.116. The van der Waals surface area contributed by atoms with Crippen molar-refractivity contribution in [2.24, 2.45) is 11.7 Å². The fraction of sp³-hybridized carbons (Fsp3) is 0.600. The normalized spacial score (nSPS) is 18.4. The summed E-state index contributed by atoms with van der Waals surface area (Å²) in [6.45, 7) is 0. The van der Waals surface area contributed by atoms with Crippen LogP contribution in [0.3, 0.4) is 0 Å². The first-order valence-corrected chi connectivity index (χ1v) is 6.73. The highest BCUT2D eigenvalue weighted by molar-refractivity contribution is 5.43. The van der Waals surface area contributed by atoms with E-state index in [1.54, 1.807) is 14.2 Å². The predicted octanol–water partition coefficient (Wildman–Crippen LogP) is 3.28. The van der Waals surface area contributed by atoms with Crippen LogP contribution in [0.25, 0.3) is 0 Å². The van der Waals surface area contributed by atoms with Crippen molar-refractivity contribution >= 4 is 0 Å². The molecule has 1 atom stereocenters. The summed E-state index contributed by atoms with van der Waals surface area (Å²) in [5.41, 5.74) is 7.54. The van der Waals surface area contributed by atoms with Gasteiger partial charge in [0.05, 0.1) is 14.2 Å². The molecule has 2 rings (SSSR count). The van der Waals surface area contributed by atoms with Crippen molar-refractivity contribution in [1.29, 1.82) is 0 Å². The van der Waals surface area contributed by atoms with Crippen molar-refractivity contribution in [3.8, 4) is 11.5 Å².